The Hall–Kier alpha value is -0.730. The molecule has 14 heavy (non-hydrogen) atoms. The predicted molar refractivity (Wildman–Crippen MR) is 61.0 cm³/mol. The van der Waals surface area contributed by atoms with E-state index in [0.717, 1.165) is 5.92 Å². The Morgan fingerprint density at radius 3 is 2.79 bits per heavy atom. The van der Waals surface area contributed by atoms with E-state index in [1.54, 1.807) is 11.9 Å². The molecule has 1 atom stereocenters. The molecule has 1 nitrogen and oxygen atoms in total. The van der Waals surface area contributed by atoms with Crippen LogP contribution >= 0.6 is 11.9 Å². The lowest BCUT2D eigenvalue weighted by molar-refractivity contribution is 0.850. The Labute approximate surface area is 88.7 Å². The molecule has 0 aromatic heterocycles. The average Bonchev–Trinajstić information content (AvgIpc) is 2.94. The van der Waals surface area contributed by atoms with Gasteiger partial charge >= 0.3 is 0 Å². The first-order valence-corrected chi connectivity index (χ1v) is 5.99. The number of rotatable bonds is 2. The molecule has 1 N–H and O–H groups in total. The molecule has 2 aliphatic rings. The lowest BCUT2D eigenvalue weighted by Gasteiger charge is -2.09. The average molecular weight is 203 g/mol. The van der Waals surface area contributed by atoms with E-state index in [2.05, 4.69) is 40.5 Å². The summed E-state index contributed by atoms with van der Waals surface area (Å²) in [5, 5.41) is 2.12. The number of hydrogen-bond acceptors (Lipinski definition) is 2. The summed E-state index contributed by atoms with van der Waals surface area (Å²) >= 11 is 1.68. The molecule has 1 heterocycles. The molecule has 1 aliphatic carbocycles. The van der Waals surface area contributed by atoms with Crippen LogP contribution in [0, 0.1) is 0 Å². The summed E-state index contributed by atoms with van der Waals surface area (Å²) in [5.41, 5.74) is 2.92. The van der Waals surface area contributed by atoms with Crippen molar-refractivity contribution in [3.8, 4) is 0 Å². The van der Waals surface area contributed by atoms with Gasteiger partial charge in [-0.15, -0.1) is 0 Å². The SMILES string of the molecule is C1=CC(c2cccc(C3CC3)c2)NS1. The van der Waals surface area contributed by atoms with Gasteiger partial charge in [-0.1, -0.05) is 42.3 Å². The molecule has 0 radical (unpaired) electrons. The van der Waals surface area contributed by atoms with Crippen molar-refractivity contribution in [1.82, 2.24) is 4.72 Å². The summed E-state index contributed by atoms with van der Waals surface area (Å²) in [6.45, 7) is 0. The van der Waals surface area contributed by atoms with Gasteiger partial charge in [-0.25, -0.2) is 4.72 Å². The highest BCUT2D eigenvalue weighted by atomic mass is 32.2. The highest BCUT2D eigenvalue weighted by Gasteiger charge is 2.24. The lowest BCUT2D eigenvalue weighted by atomic mass is 10.0. The summed E-state index contributed by atoms with van der Waals surface area (Å²) in [6, 6.07) is 9.42. The van der Waals surface area contributed by atoms with Crippen molar-refractivity contribution < 1.29 is 0 Å². The second-order valence-corrected chi connectivity index (χ2v) is 4.73. The van der Waals surface area contributed by atoms with Crippen LogP contribution in [0.2, 0.25) is 0 Å². The fraction of sp³-hybridized carbons (Fsp3) is 0.333. The minimum Gasteiger partial charge on any atom is -0.249 e. The first-order valence-electron chi connectivity index (χ1n) is 5.11. The zero-order valence-electron chi connectivity index (χ0n) is 7.94. The molecule has 1 aliphatic heterocycles. The number of benzene rings is 1. The monoisotopic (exact) mass is 203 g/mol. The third-order valence-electron chi connectivity index (χ3n) is 2.85. The maximum atomic E-state index is 3.36. The maximum absolute atomic E-state index is 3.36. The Morgan fingerprint density at radius 2 is 2.07 bits per heavy atom. The van der Waals surface area contributed by atoms with Gasteiger partial charge in [-0.2, -0.15) is 0 Å². The fourth-order valence-corrected chi connectivity index (χ4v) is 2.55. The largest absolute Gasteiger partial charge is 0.249 e. The molecule has 1 saturated carbocycles. The van der Waals surface area contributed by atoms with E-state index < -0.39 is 0 Å². The Bertz CT molecular complexity index is 368. The molecule has 2 heteroatoms. The van der Waals surface area contributed by atoms with Gasteiger partial charge in [0.1, 0.15) is 0 Å². The van der Waals surface area contributed by atoms with E-state index in [0.29, 0.717) is 6.04 Å². The second kappa shape index (κ2) is 3.44. The van der Waals surface area contributed by atoms with E-state index >= 15 is 0 Å². The minimum absolute atomic E-state index is 0.415. The van der Waals surface area contributed by atoms with E-state index in [1.165, 1.54) is 24.0 Å². The molecule has 0 saturated heterocycles. The standard InChI is InChI=1S/C12H13NS/c1-2-10(9-4-5-9)8-11(3-1)12-6-7-14-13-12/h1-3,6-9,12-13H,4-5H2. The fourth-order valence-electron chi connectivity index (χ4n) is 1.87. The molecule has 72 valence electrons. The third kappa shape index (κ3) is 1.60. The first-order chi connectivity index (χ1) is 6.93. The molecule has 0 spiro atoms. The summed E-state index contributed by atoms with van der Waals surface area (Å²) < 4.78 is 3.36. The van der Waals surface area contributed by atoms with E-state index in [4.69, 9.17) is 0 Å². The van der Waals surface area contributed by atoms with Gasteiger partial charge in [-0.3, -0.25) is 0 Å². The van der Waals surface area contributed by atoms with E-state index in [1.807, 2.05) is 0 Å². The van der Waals surface area contributed by atoms with Crippen LogP contribution in [0.15, 0.2) is 35.7 Å². The van der Waals surface area contributed by atoms with Crippen molar-refractivity contribution in [3.63, 3.8) is 0 Å². The summed E-state index contributed by atoms with van der Waals surface area (Å²) in [6.07, 6.45) is 4.98. The second-order valence-electron chi connectivity index (χ2n) is 3.99. The van der Waals surface area contributed by atoms with E-state index in [9.17, 15) is 0 Å². The third-order valence-corrected chi connectivity index (χ3v) is 3.54. The summed E-state index contributed by atoms with van der Waals surface area (Å²) in [5.74, 6) is 0.855. The van der Waals surface area contributed by atoms with Crippen LogP contribution in [-0.2, 0) is 0 Å². The molecule has 0 amide bonds. The van der Waals surface area contributed by atoms with Gasteiger partial charge in [0.25, 0.3) is 0 Å². The van der Waals surface area contributed by atoms with Crippen LogP contribution in [0.5, 0.6) is 0 Å². The molecule has 1 aromatic rings. The highest BCUT2D eigenvalue weighted by Crippen LogP contribution is 2.40. The van der Waals surface area contributed by atoms with Crippen LogP contribution in [0.1, 0.15) is 35.9 Å². The van der Waals surface area contributed by atoms with Crippen LogP contribution in [0.3, 0.4) is 0 Å². The smallest absolute Gasteiger partial charge is 0.0613 e. The van der Waals surface area contributed by atoms with Gasteiger partial charge in [0.05, 0.1) is 6.04 Å². The zero-order chi connectivity index (χ0) is 9.38. The number of nitrogens with one attached hydrogen (secondary N) is 1. The normalized spacial score (nSPS) is 25.6. The van der Waals surface area contributed by atoms with Crippen molar-refractivity contribution in [2.24, 2.45) is 0 Å². The van der Waals surface area contributed by atoms with Crippen LogP contribution in [0.25, 0.3) is 0 Å². The van der Waals surface area contributed by atoms with Crippen molar-refractivity contribution >= 4 is 11.9 Å². The predicted octanol–water partition coefficient (Wildman–Crippen LogP) is 3.37. The van der Waals surface area contributed by atoms with Gasteiger partial charge in [0.2, 0.25) is 0 Å². The summed E-state index contributed by atoms with van der Waals surface area (Å²) in [7, 11) is 0. The number of hydrogen-bond donors (Lipinski definition) is 1. The molecular formula is C12H13NS. The topological polar surface area (TPSA) is 12.0 Å². The zero-order valence-corrected chi connectivity index (χ0v) is 8.76. The Kier molecular flexibility index (Phi) is 2.11. The molecule has 1 unspecified atom stereocenters. The van der Waals surface area contributed by atoms with Crippen LogP contribution < -0.4 is 4.72 Å². The van der Waals surface area contributed by atoms with Gasteiger partial charge < -0.3 is 0 Å². The Balaban J connectivity index is 1.89. The van der Waals surface area contributed by atoms with Gasteiger partial charge in [-0.05, 0) is 35.3 Å². The Morgan fingerprint density at radius 1 is 1.21 bits per heavy atom. The molecular weight excluding hydrogens is 190 g/mol. The van der Waals surface area contributed by atoms with E-state index in [-0.39, 0.29) is 0 Å². The maximum Gasteiger partial charge on any atom is 0.0613 e. The lowest BCUT2D eigenvalue weighted by Crippen LogP contribution is -2.06. The summed E-state index contributed by atoms with van der Waals surface area (Å²) in [4.78, 5) is 0. The quantitative estimate of drug-likeness (QED) is 0.740. The van der Waals surface area contributed by atoms with Crippen molar-refractivity contribution in [2.45, 2.75) is 24.8 Å². The molecule has 1 fully saturated rings. The molecule has 0 bridgehead atoms. The highest BCUT2D eigenvalue weighted by molar-refractivity contribution is 8.00. The van der Waals surface area contributed by atoms with Gasteiger partial charge in [0.15, 0.2) is 0 Å². The van der Waals surface area contributed by atoms with Crippen LogP contribution in [0.4, 0.5) is 0 Å². The van der Waals surface area contributed by atoms with Crippen molar-refractivity contribution in [3.05, 3.63) is 46.9 Å². The minimum atomic E-state index is 0.415. The first kappa shape index (κ1) is 8.57. The van der Waals surface area contributed by atoms with Crippen molar-refractivity contribution in [1.29, 1.82) is 0 Å². The molecule has 1 aromatic carbocycles. The van der Waals surface area contributed by atoms with Crippen LogP contribution in [-0.4, -0.2) is 0 Å². The molecule has 3 rings (SSSR count). The van der Waals surface area contributed by atoms with Gasteiger partial charge in [0, 0.05) is 0 Å². The van der Waals surface area contributed by atoms with Crippen molar-refractivity contribution in [2.75, 3.05) is 0 Å².